The van der Waals surface area contributed by atoms with Crippen molar-refractivity contribution >= 4 is 12.1 Å². The van der Waals surface area contributed by atoms with Crippen molar-refractivity contribution in [2.75, 3.05) is 6.54 Å². The molecule has 0 aliphatic heterocycles. The lowest BCUT2D eigenvalue weighted by atomic mass is 9.87. The van der Waals surface area contributed by atoms with Crippen LogP contribution in [-0.4, -0.2) is 38.9 Å². The van der Waals surface area contributed by atoms with E-state index in [1.807, 2.05) is 12.5 Å². The summed E-state index contributed by atoms with van der Waals surface area (Å²) in [7, 11) is 0. The minimum Gasteiger partial charge on any atom is -0.481 e. The normalized spacial score (nSPS) is 21.1. The molecule has 158 valence electrons. The lowest BCUT2D eigenvalue weighted by Gasteiger charge is -2.26. The number of carbonyl (C=O) groups excluding carboxylic acids is 1. The topological polar surface area (TPSA) is 93.5 Å². The molecular weight excluding hydrogens is 358 g/mol. The second kappa shape index (κ2) is 9.94. The van der Waals surface area contributed by atoms with Crippen LogP contribution in [0.2, 0.25) is 0 Å². The fourth-order valence-corrected chi connectivity index (χ4v) is 3.64. The second-order valence-electron chi connectivity index (χ2n) is 9.04. The molecule has 7 heteroatoms. The van der Waals surface area contributed by atoms with Gasteiger partial charge in [0.15, 0.2) is 0 Å². The zero-order valence-electron chi connectivity index (χ0n) is 17.6. The monoisotopic (exact) mass is 393 g/mol. The maximum Gasteiger partial charge on any atom is 0.407 e. The molecule has 1 aliphatic rings. The standard InChI is InChI=1S/C21H35N3O4/c1-15-7-9-18(10-8-15)24-13-17(23-14-24)12-16(19(25)26)6-5-11-22-20(27)28-21(2,3)4/h13-16,18H,5-12H2,1-4H3,(H,22,27)(H,25,26)/t15?,16-,18?/m0/s1. The number of aliphatic carboxylic acids is 1. The molecule has 1 aliphatic carbocycles. The number of carboxylic acid groups (broad SMARTS) is 1. The van der Waals surface area contributed by atoms with Crippen molar-refractivity contribution in [2.24, 2.45) is 11.8 Å². The molecule has 0 bridgehead atoms. The smallest absolute Gasteiger partial charge is 0.407 e. The summed E-state index contributed by atoms with van der Waals surface area (Å²) >= 11 is 0. The molecule has 0 saturated heterocycles. The largest absolute Gasteiger partial charge is 0.481 e. The fourth-order valence-electron chi connectivity index (χ4n) is 3.64. The highest BCUT2D eigenvalue weighted by Gasteiger charge is 2.22. The van der Waals surface area contributed by atoms with E-state index in [1.165, 1.54) is 12.8 Å². The lowest BCUT2D eigenvalue weighted by Crippen LogP contribution is -2.33. The van der Waals surface area contributed by atoms with E-state index in [0.717, 1.165) is 24.5 Å². The predicted octanol–water partition coefficient (Wildman–Crippen LogP) is 4.18. The number of amides is 1. The second-order valence-corrected chi connectivity index (χ2v) is 9.04. The zero-order valence-corrected chi connectivity index (χ0v) is 17.6. The summed E-state index contributed by atoms with van der Waals surface area (Å²) in [4.78, 5) is 27.7. The van der Waals surface area contributed by atoms with E-state index in [1.54, 1.807) is 20.8 Å². The van der Waals surface area contributed by atoms with Gasteiger partial charge in [0.2, 0.25) is 0 Å². The number of ether oxygens (including phenoxy) is 1. The van der Waals surface area contributed by atoms with Gasteiger partial charge in [0.1, 0.15) is 5.60 Å². The Morgan fingerprint density at radius 2 is 2.00 bits per heavy atom. The molecule has 2 rings (SSSR count). The van der Waals surface area contributed by atoms with Crippen molar-refractivity contribution in [3.05, 3.63) is 18.2 Å². The van der Waals surface area contributed by atoms with Crippen molar-refractivity contribution in [3.63, 3.8) is 0 Å². The molecule has 1 fully saturated rings. The number of nitrogens with zero attached hydrogens (tertiary/aromatic N) is 2. The summed E-state index contributed by atoms with van der Waals surface area (Å²) in [5, 5.41) is 12.2. The SMILES string of the molecule is CC1CCC(n2cnc(C[C@H](CCCNC(=O)OC(C)(C)C)C(=O)O)c2)CC1. The van der Waals surface area contributed by atoms with Crippen LogP contribution in [-0.2, 0) is 16.0 Å². The number of aromatic nitrogens is 2. The summed E-state index contributed by atoms with van der Waals surface area (Å²) in [5.74, 6) is -0.529. The van der Waals surface area contributed by atoms with Crippen LogP contribution in [0.1, 0.15) is 78.0 Å². The summed E-state index contributed by atoms with van der Waals surface area (Å²) in [5.41, 5.74) is 0.286. The average Bonchev–Trinajstić information content (AvgIpc) is 3.05. The minimum absolute atomic E-state index is 0.396. The molecule has 28 heavy (non-hydrogen) atoms. The lowest BCUT2D eigenvalue weighted by molar-refractivity contribution is -0.142. The number of alkyl carbamates (subject to hydrolysis) is 1. The maximum atomic E-state index is 11.6. The number of rotatable bonds is 8. The number of carboxylic acids is 1. The molecule has 0 spiro atoms. The van der Waals surface area contributed by atoms with Gasteiger partial charge < -0.3 is 19.7 Å². The quantitative estimate of drug-likeness (QED) is 0.646. The Kier molecular flexibility index (Phi) is 7.89. The van der Waals surface area contributed by atoms with Gasteiger partial charge in [-0.15, -0.1) is 0 Å². The molecule has 1 aromatic heterocycles. The molecule has 1 heterocycles. The van der Waals surface area contributed by atoms with Gasteiger partial charge in [-0.25, -0.2) is 9.78 Å². The molecule has 1 amide bonds. The van der Waals surface area contributed by atoms with Crippen LogP contribution in [0.5, 0.6) is 0 Å². The number of nitrogens with one attached hydrogen (secondary N) is 1. The third-order valence-electron chi connectivity index (χ3n) is 5.26. The summed E-state index contributed by atoms with van der Waals surface area (Å²) in [6.45, 7) is 8.11. The van der Waals surface area contributed by atoms with Crippen LogP contribution in [0.3, 0.4) is 0 Å². The summed E-state index contributed by atoms with van der Waals surface area (Å²) in [6.07, 6.45) is 9.66. The van der Waals surface area contributed by atoms with Gasteiger partial charge in [0.05, 0.1) is 17.9 Å². The molecule has 1 saturated carbocycles. The van der Waals surface area contributed by atoms with Gasteiger partial charge >= 0.3 is 12.1 Å². The Morgan fingerprint density at radius 3 is 2.61 bits per heavy atom. The first-order chi connectivity index (χ1) is 13.1. The first-order valence-corrected chi connectivity index (χ1v) is 10.4. The Balaban J connectivity index is 1.78. The van der Waals surface area contributed by atoms with E-state index in [4.69, 9.17) is 4.74 Å². The van der Waals surface area contributed by atoms with Crippen molar-refractivity contribution in [3.8, 4) is 0 Å². The predicted molar refractivity (Wildman–Crippen MR) is 107 cm³/mol. The average molecular weight is 394 g/mol. The van der Waals surface area contributed by atoms with E-state index in [-0.39, 0.29) is 0 Å². The summed E-state index contributed by atoms with van der Waals surface area (Å²) < 4.78 is 7.33. The third kappa shape index (κ3) is 7.52. The maximum absolute atomic E-state index is 11.6. The Bertz CT molecular complexity index is 642. The Labute approximate surface area is 167 Å². The van der Waals surface area contributed by atoms with Crippen molar-refractivity contribution in [1.82, 2.24) is 14.9 Å². The van der Waals surface area contributed by atoms with E-state index in [0.29, 0.717) is 31.8 Å². The molecule has 1 aromatic rings. The van der Waals surface area contributed by atoms with Crippen LogP contribution < -0.4 is 5.32 Å². The van der Waals surface area contributed by atoms with Crippen LogP contribution in [0.15, 0.2) is 12.5 Å². The van der Waals surface area contributed by atoms with Crippen LogP contribution in [0, 0.1) is 11.8 Å². The first-order valence-electron chi connectivity index (χ1n) is 10.4. The number of hydrogen-bond acceptors (Lipinski definition) is 4. The molecule has 0 unspecified atom stereocenters. The molecule has 7 nitrogen and oxygen atoms in total. The third-order valence-corrected chi connectivity index (χ3v) is 5.26. The number of carbonyl (C=O) groups is 2. The number of hydrogen-bond donors (Lipinski definition) is 2. The van der Waals surface area contributed by atoms with Gasteiger partial charge in [0, 0.05) is 25.2 Å². The van der Waals surface area contributed by atoms with Crippen molar-refractivity contribution in [1.29, 1.82) is 0 Å². The van der Waals surface area contributed by atoms with Gasteiger partial charge in [0.25, 0.3) is 0 Å². The van der Waals surface area contributed by atoms with E-state index < -0.39 is 23.6 Å². The minimum atomic E-state index is -0.821. The van der Waals surface area contributed by atoms with Gasteiger partial charge in [-0.3, -0.25) is 4.79 Å². The highest BCUT2D eigenvalue weighted by molar-refractivity contribution is 5.70. The van der Waals surface area contributed by atoms with Crippen molar-refractivity contribution in [2.45, 2.75) is 84.3 Å². The number of imidazole rings is 1. The molecular formula is C21H35N3O4. The Hall–Kier alpha value is -2.05. The van der Waals surface area contributed by atoms with Crippen molar-refractivity contribution < 1.29 is 19.4 Å². The molecule has 0 radical (unpaired) electrons. The first kappa shape index (κ1) is 22.2. The highest BCUT2D eigenvalue weighted by Crippen LogP contribution is 2.31. The zero-order chi connectivity index (χ0) is 20.7. The molecule has 1 atom stereocenters. The van der Waals surface area contributed by atoms with Crippen LogP contribution >= 0.6 is 0 Å². The van der Waals surface area contributed by atoms with E-state index in [9.17, 15) is 14.7 Å². The van der Waals surface area contributed by atoms with E-state index >= 15 is 0 Å². The van der Waals surface area contributed by atoms with E-state index in [2.05, 4.69) is 21.8 Å². The molecule has 0 aromatic carbocycles. The fraction of sp³-hybridized carbons (Fsp3) is 0.762. The highest BCUT2D eigenvalue weighted by atomic mass is 16.6. The van der Waals surface area contributed by atoms with Crippen LogP contribution in [0.25, 0.3) is 0 Å². The van der Waals surface area contributed by atoms with Gasteiger partial charge in [-0.05, 0) is 65.2 Å². The van der Waals surface area contributed by atoms with Gasteiger partial charge in [-0.2, -0.15) is 0 Å². The Morgan fingerprint density at radius 1 is 1.32 bits per heavy atom. The van der Waals surface area contributed by atoms with Crippen LogP contribution in [0.4, 0.5) is 4.79 Å². The van der Waals surface area contributed by atoms with Gasteiger partial charge in [-0.1, -0.05) is 6.92 Å². The summed E-state index contributed by atoms with van der Waals surface area (Å²) in [6, 6.07) is 0.485. The molecule has 2 N–H and O–H groups in total.